The van der Waals surface area contributed by atoms with Crippen LogP contribution in [0.4, 0.5) is 4.39 Å². The molecule has 84 valence electrons. The Hall–Kier alpha value is -0.740. The van der Waals surface area contributed by atoms with E-state index in [4.69, 9.17) is 4.42 Å². The van der Waals surface area contributed by atoms with Gasteiger partial charge in [-0.3, -0.25) is 0 Å². The minimum Gasteiger partial charge on any atom is -0.468 e. The second kappa shape index (κ2) is 5.55. The van der Waals surface area contributed by atoms with Crippen LogP contribution in [0.25, 0.3) is 0 Å². The molecule has 0 aliphatic rings. The van der Waals surface area contributed by atoms with Crippen LogP contribution in [0.5, 0.6) is 0 Å². The number of hydrogen-bond donors (Lipinski definition) is 0. The first-order valence-electron chi connectivity index (χ1n) is 4.80. The molecule has 0 bridgehead atoms. The normalized spacial score (nSPS) is 10.6. The standard InChI is InChI=1S/C12H10BrFOS/c13-12-9(3-1-5-11(12)14)7-16-8-10-4-2-6-15-10/h1-6H,7-8H2. The lowest BCUT2D eigenvalue weighted by molar-refractivity contribution is 0.530. The topological polar surface area (TPSA) is 13.1 Å². The third-order valence-electron chi connectivity index (χ3n) is 2.11. The summed E-state index contributed by atoms with van der Waals surface area (Å²) in [7, 11) is 0. The molecule has 4 heteroatoms. The molecule has 0 spiro atoms. The highest BCUT2D eigenvalue weighted by Gasteiger charge is 2.05. The Labute approximate surface area is 106 Å². The zero-order chi connectivity index (χ0) is 11.4. The lowest BCUT2D eigenvalue weighted by Gasteiger charge is -2.04. The molecule has 0 atom stereocenters. The molecule has 0 unspecified atom stereocenters. The third kappa shape index (κ3) is 2.89. The summed E-state index contributed by atoms with van der Waals surface area (Å²) in [6.07, 6.45) is 1.66. The van der Waals surface area contributed by atoms with E-state index in [0.29, 0.717) is 4.47 Å². The van der Waals surface area contributed by atoms with Crippen molar-refractivity contribution in [1.82, 2.24) is 0 Å². The summed E-state index contributed by atoms with van der Waals surface area (Å²) in [6, 6.07) is 8.90. The van der Waals surface area contributed by atoms with E-state index in [2.05, 4.69) is 15.9 Å². The van der Waals surface area contributed by atoms with E-state index in [0.717, 1.165) is 22.8 Å². The summed E-state index contributed by atoms with van der Waals surface area (Å²) in [5, 5.41) is 0. The predicted octanol–water partition coefficient (Wildman–Crippen LogP) is 4.61. The Balaban J connectivity index is 1.92. The maximum absolute atomic E-state index is 13.2. The Morgan fingerprint density at radius 3 is 2.81 bits per heavy atom. The second-order valence-electron chi connectivity index (χ2n) is 3.29. The monoisotopic (exact) mass is 300 g/mol. The van der Waals surface area contributed by atoms with Gasteiger partial charge in [-0.15, -0.1) is 11.8 Å². The number of benzene rings is 1. The summed E-state index contributed by atoms with van der Waals surface area (Å²) in [4.78, 5) is 0. The molecule has 0 saturated carbocycles. The maximum Gasteiger partial charge on any atom is 0.137 e. The van der Waals surface area contributed by atoms with Crippen LogP contribution in [0.1, 0.15) is 11.3 Å². The molecule has 2 rings (SSSR count). The molecule has 1 aromatic heterocycles. The van der Waals surface area contributed by atoms with E-state index in [1.807, 2.05) is 18.2 Å². The van der Waals surface area contributed by atoms with E-state index in [1.54, 1.807) is 24.1 Å². The Kier molecular flexibility index (Phi) is 4.07. The molecule has 1 aromatic carbocycles. The highest BCUT2D eigenvalue weighted by molar-refractivity contribution is 9.10. The molecule has 0 radical (unpaired) electrons. The fraction of sp³-hybridized carbons (Fsp3) is 0.167. The van der Waals surface area contributed by atoms with E-state index in [1.165, 1.54) is 6.07 Å². The molecule has 1 nitrogen and oxygen atoms in total. The van der Waals surface area contributed by atoms with E-state index < -0.39 is 0 Å². The average molecular weight is 301 g/mol. The van der Waals surface area contributed by atoms with Gasteiger partial charge in [-0.1, -0.05) is 12.1 Å². The first kappa shape index (κ1) is 11.7. The van der Waals surface area contributed by atoms with Gasteiger partial charge in [0.1, 0.15) is 11.6 Å². The molecule has 0 saturated heterocycles. The Bertz CT molecular complexity index is 456. The first-order chi connectivity index (χ1) is 7.77. The molecule has 0 N–H and O–H groups in total. The van der Waals surface area contributed by atoms with Crippen molar-refractivity contribution in [3.63, 3.8) is 0 Å². The van der Waals surface area contributed by atoms with Crippen LogP contribution in [-0.2, 0) is 11.5 Å². The van der Waals surface area contributed by atoms with Gasteiger partial charge in [-0.05, 0) is 39.7 Å². The first-order valence-corrected chi connectivity index (χ1v) is 6.75. The Morgan fingerprint density at radius 2 is 2.06 bits per heavy atom. The summed E-state index contributed by atoms with van der Waals surface area (Å²) >= 11 is 4.94. The van der Waals surface area contributed by atoms with Gasteiger partial charge < -0.3 is 4.42 Å². The highest BCUT2D eigenvalue weighted by Crippen LogP contribution is 2.26. The van der Waals surface area contributed by atoms with Crippen molar-refractivity contribution in [2.75, 3.05) is 0 Å². The number of halogens is 2. The van der Waals surface area contributed by atoms with Crippen LogP contribution in [0.15, 0.2) is 45.5 Å². The number of furan rings is 1. The molecular weight excluding hydrogens is 291 g/mol. The summed E-state index contributed by atoms with van der Waals surface area (Å²) in [5.41, 5.74) is 0.969. The van der Waals surface area contributed by atoms with Gasteiger partial charge in [0.05, 0.1) is 16.5 Å². The van der Waals surface area contributed by atoms with Crippen molar-refractivity contribution in [3.8, 4) is 0 Å². The van der Waals surface area contributed by atoms with Crippen LogP contribution >= 0.6 is 27.7 Å². The minimum atomic E-state index is -0.212. The number of rotatable bonds is 4. The van der Waals surface area contributed by atoms with E-state index in [-0.39, 0.29) is 5.82 Å². The average Bonchev–Trinajstić information content (AvgIpc) is 2.77. The molecule has 2 aromatic rings. The predicted molar refractivity (Wildman–Crippen MR) is 67.8 cm³/mol. The fourth-order valence-electron chi connectivity index (χ4n) is 1.32. The van der Waals surface area contributed by atoms with Gasteiger partial charge in [0, 0.05) is 5.75 Å². The number of hydrogen-bond acceptors (Lipinski definition) is 2. The van der Waals surface area contributed by atoms with E-state index >= 15 is 0 Å². The van der Waals surface area contributed by atoms with Crippen LogP contribution in [0, 0.1) is 5.82 Å². The molecular formula is C12H10BrFOS. The van der Waals surface area contributed by atoms with Gasteiger partial charge in [-0.2, -0.15) is 0 Å². The zero-order valence-electron chi connectivity index (χ0n) is 8.45. The largest absolute Gasteiger partial charge is 0.468 e. The summed E-state index contributed by atoms with van der Waals surface area (Å²) < 4.78 is 19.0. The van der Waals surface area contributed by atoms with Crippen molar-refractivity contribution >= 4 is 27.7 Å². The van der Waals surface area contributed by atoms with Gasteiger partial charge in [0.2, 0.25) is 0 Å². The smallest absolute Gasteiger partial charge is 0.137 e. The van der Waals surface area contributed by atoms with Crippen molar-refractivity contribution in [2.24, 2.45) is 0 Å². The van der Waals surface area contributed by atoms with Crippen LogP contribution in [-0.4, -0.2) is 0 Å². The molecule has 0 aliphatic heterocycles. The molecule has 1 heterocycles. The van der Waals surface area contributed by atoms with Crippen molar-refractivity contribution < 1.29 is 8.81 Å². The second-order valence-corrected chi connectivity index (χ2v) is 5.06. The zero-order valence-corrected chi connectivity index (χ0v) is 10.9. The minimum absolute atomic E-state index is 0.212. The molecule has 0 amide bonds. The van der Waals surface area contributed by atoms with Crippen LogP contribution in [0.2, 0.25) is 0 Å². The van der Waals surface area contributed by atoms with Gasteiger partial charge in [0.25, 0.3) is 0 Å². The van der Waals surface area contributed by atoms with Crippen LogP contribution < -0.4 is 0 Å². The van der Waals surface area contributed by atoms with Crippen molar-refractivity contribution in [3.05, 3.63) is 58.2 Å². The Morgan fingerprint density at radius 1 is 1.19 bits per heavy atom. The molecule has 0 aliphatic carbocycles. The number of thioether (sulfide) groups is 1. The van der Waals surface area contributed by atoms with Gasteiger partial charge in [0.15, 0.2) is 0 Å². The molecule has 0 fully saturated rings. The van der Waals surface area contributed by atoms with Gasteiger partial charge >= 0.3 is 0 Å². The lowest BCUT2D eigenvalue weighted by atomic mass is 10.2. The fourth-order valence-corrected chi connectivity index (χ4v) is 2.83. The van der Waals surface area contributed by atoms with Gasteiger partial charge in [-0.25, -0.2) is 4.39 Å². The SMILES string of the molecule is Fc1cccc(CSCc2ccco2)c1Br. The highest BCUT2D eigenvalue weighted by atomic mass is 79.9. The quantitative estimate of drug-likeness (QED) is 0.817. The molecule has 16 heavy (non-hydrogen) atoms. The van der Waals surface area contributed by atoms with Crippen LogP contribution in [0.3, 0.4) is 0 Å². The lowest BCUT2D eigenvalue weighted by Crippen LogP contribution is -1.87. The van der Waals surface area contributed by atoms with Crippen molar-refractivity contribution in [2.45, 2.75) is 11.5 Å². The van der Waals surface area contributed by atoms with E-state index in [9.17, 15) is 4.39 Å². The third-order valence-corrected chi connectivity index (χ3v) is 4.01. The van der Waals surface area contributed by atoms with Crippen molar-refractivity contribution in [1.29, 1.82) is 0 Å². The summed E-state index contributed by atoms with van der Waals surface area (Å²) in [6.45, 7) is 0. The summed E-state index contributed by atoms with van der Waals surface area (Å²) in [5.74, 6) is 2.29. The maximum atomic E-state index is 13.2.